The van der Waals surface area contributed by atoms with E-state index in [1.54, 1.807) is 0 Å². The van der Waals surface area contributed by atoms with Crippen LogP contribution >= 0.6 is 0 Å². The minimum Gasteiger partial charge on any atom is -0.394 e. The van der Waals surface area contributed by atoms with Gasteiger partial charge in [-0.3, -0.25) is 9.58 Å². The van der Waals surface area contributed by atoms with Crippen molar-refractivity contribution in [3.63, 3.8) is 0 Å². The first kappa shape index (κ1) is 15.3. The minimum absolute atomic E-state index is 0.375. The van der Waals surface area contributed by atoms with Crippen molar-refractivity contribution in [1.29, 1.82) is 0 Å². The lowest BCUT2D eigenvalue weighted by molar-refractivity contribution is -0.0236. The molecular weight excluding hydrogens is 290 g/mol. The molecule has 1 aliphatic rings. The van der Waals surface area contributed by atoms with Crippen molar-refractivity contribution in [2.45, 2.75) is 24.4 Å². The normalized spacial score (nSPS) is 29.4. The number of aliphatic hydroxyl groups excluding tert-OH is 3. The predicted octanol–water partition coefficient (Wildman–Crippen LogP) is -1.30. The predicted molar refractivity (Wildman–Crippen MR) is 78.0 cm³/mol. The van der Waals surface area contributed by atoms with E-state index < -0.39 is 24.4 Å². The zero-order chi connectivity index (χ0) is 16.1. The molecule has 1 fully saturated rings. The number of nitrogens with zero attached hydrogens (tertiary/aromatic N) is 4. The molecule has 1 saturated heterocycles. The monoisotopic (exact) mass is 310 g/mol. The highest BCUT2D eigenvalue weighted by molar-refractivity contribution is 5.86. The van der Waals surface area contributed by atoms with Gasteiger partial charge in [-0.1, -0.05) is 0 Å². The summed E-state index contributed by atoms with van der Waals surface area (Å²) in [7, 11) is 5.88. The van der Waals surface area contributed by atoms with Crippen LogP contribution < -0.4 is 4.48 Å². The molecule has 2 aromatic heterocycles. The minimum atomic E-state index is -1.16. The van der Waals surface area contributed by atoms with Crippen molar-refractivity contribution < 1.29 is 20.1 Å². The average Bonchev–Trinajstić information content (AvgIpc) is 3.00. The number of aliphatic hydroxyl groups is 3. The molecule has 120 valence electrons. The second-order valence-corrected chi connectivity index (χ2v) is 6.30. The molecule has 4 atom stereocenters. The van der Waals surface area contributed by atoms with Gasteiger partial charge in [0.15, 0.2) is 5.52 Å². The molecule has 0 bridgehead atoms. The van der Waals surface area contributed by atoms with E-state index in [4.69, 9.17) is 4.74 Å². The van der Waals surface area contributed by atoms with E-state index >= 15 is 0 Å². The Morgan fingerprint density at radius 2 is 1.91 bits per heavy atom. The van der Waals surface area contributed by atoms with E-state index in [-0.39, 0.29) is 6.61 Å². The Kier molecular flexibility index (Phi) is 3.62. The standard InChI is InChI=1S/C13H20N5O4/c1-18(2,3)13-9-7(14-5-15-13)8(16-17-9)12-11(21)10(20)6(4-19)22-12/h5-6,10-12,19-21H,4H2,1-3H3,(H,16,17)/q+1/t6-,10+,11-,12+/m0/s1. The van der Waals surface area contributed by atoms with Gasteiger partial charge in [-0.25, -0.2) is 4.98 Å². The first-order chi connectivity index (χ1) is 10.3. The molecule has 2 aromatic rings. The van der Waals surface area contributed by atoms with Crippen molar-refractivity contribution in [3.05, 3.63) is 12.0 Å². The summed E-state index contributed by atoms with van der Waals surface area (Å²) in [6, 6.07) is 0. The Bertz CT molecular complexity index is 683. The Morgan fingerprint density at radius 3 is 2.50 bits per heavy atom. The van der Waals surface area contributed by atoms with Crippen LogP contribution in [0.4, 0.5) is 5.82 Å². The zero-order valence-electron chi connectivity index (χ0n) is 12.6. The first-order valence-corrected chi connectivity index (χ1v) is 6.98. The highest BCUT2D eigenvalue weighted by atomic mass is 16.6. The van der Waals surface area contributed by atoms with E-state index in [1.807, 2.05) is 21.1 Å². The van der Waals surface area contributed by atoms with Gasteiger partial charge in [-0.2, -0.15) is 10.1 Å². The molecule has 9 nitrogen and oxygen atoms in total. The van der Waals surface area contributed by atoms with Gasteiger partial charge in [0, 0.05) is 0 Å². The fraction of sp³-hybridized carbons (Fsp3) is 0.615. The van der Waals surface area contributed by atoms with Crippen LogP contribution in [0.15, 0.2) is 6.33 Å². The molecule has 9 heteroatoms. The lowest BCUT2D eigenvalue weighted by Gasteiger charge is -2.21. The average molecular weight is 310 g/mol. The fourth-order valence-electron chi connectivity index (χ4n) is 2.67. The highest BCUT2D eigenvalue weighted by Crippen LogP contribution is 2.36. The summed E-state index contributed by atoms with van der Waals surface area (Å²) in [5, 5.41) is 36.3. The van der Waals surface area contributed by atoms with Crippen molar-refractivity contribution in [1.82, 2.24) is 24.6 Å². The fourth-order valence-corrected chi connectivity index (χ4v) is 2.67. The molecule has 0 radical (unpaired) electrons. The number of hydrogen-bond acceptors (Lipinski definition) is 7. The van der Waals surface area contributed by atoms with Crippen molar-refractivity contribution in [3.8, 4) is 0 Å². The molecule has 0 spiro atoms. The van der Waals surface area contributed by atoms with Crippen LogP contribution in [-0.2, 0) is 4.74 Å². The van der Waals surface area contributed by atoms with E-state index in [0.717, 1.165) is 5.82 Å². The van der Waals surface area contributed by atoms with Crippen LogP contribution in [0.5, 0.6) is 0 Å². The Balaban J connectivity index is 2.07. The van der Waals surface area contributed by atoms with Gasteiger partial charge >= 0.3 is 0 Å². The van der Waals surface area contributed by atoms with Gasteiger partial charge in [-0.15, -0.1) is 0 Å². The molecule has 4 N–H and O–H groups in total. The summed E-state index contributed by atoms with van der Waals surface area (Å²) in [4.78, 5) is 8.49. The number of quaternary nitrogens is 1. The van der Waals surface area contributed by atoms with Crippen LogP contribution in [0.2, 0.25) is 0 Å². The van der Waals surface area contributed by atoms with Crippen LogP contribution in [0.1, 0.15) is 11.8 Å². The maximum absolute atomic E-state index is 10.1. The third kappa shape index (κ3) is 2.27. The molecule has 0 amide bonds. The van der Waals surface area contributed by atoms with Gasteiger partial charge in [0.05, 0.1) is 33.4 Å². The maximum Gasteiger partial charge on any atom is 0.258 e. The van der Waals surface area contributed by atoms with Crippen LogP contribution in [0.25, 0.3) is 11.0 Å². The number of H-pyrrole nitrogens is 1. The van der Waals surface area contributed by atoms with E-state index in [9.17, 15) is 15.3 Å². The molecule has 0 aromatic carbocycles. The molecule has 0 saturated carbocycles. The van der Waals surface area contributed by atoms with E-state index in [1.165, 1.54) is 6.33 Å². The summed E-state index contributed by atoms with van der Waals surface area (Å²) in [6.45, 7) is -0.375. The highest BCUT2D eigenvalue weighted by Gasteiger charge is 2.45. The zero-order valence-corrected chi connectivity index (χ0v) is 12.6. The Labute approximate surface area is 126 Å². The number of fused-ring (bicyclic) bond motifs is 1. The van der Waals surface area contributed by atoms with Crippen molar-refractivity contribution >= 4 is 16.9 Å². The number of ether oxygens (including phenoxy) is 1. The molecule has 0 aliphatic carbocycles. The summed E-state index contributed by atoms with van der Waals surface area (Å²) in [6.07, 6.45) is -2.55. The van der Waals surface area contributed by atoms with Gasteiger partial charge in [-0.05, 0) is 0 Å². The second kappa shape index (κ2) is 5.21. The molecule has 22 heavy (non-hydrogen) atoms. The molecule has 1 aliphatic heterocycles. The molecule has 3 heterocycles. The maximum atomic E-state index is 10.1. The topological polar surface area (TPSA) is 124 Å². The van der Waals surface area contributed by atoms with E-state index in [0.29, 0.717) is 21.2 Å². The van der Waals surface area contributed by atoms with Crippen LogP contribution in [0, 0.1) is 0 Å². The van der Waals surface area contributed by atoms with Gasteiger partial charge in [0.25, 0.3) is 5.82 Å². The quantitative estimate of drug-likeness (QED) is 0.520. The lowest BCUT2D eigenvalue weighted by Crippen LogP contribution is -2.36. The van der Waals surface area contributed by atoms with Crippen LogP contribution in [-0.4, -0.2) is 81.5 Å². The summed E-state index contributed by atoms with van der Waals surface area (Å²) >= 11 is 0. The molecular formula is C13H20N5O4+. The smallest absolute Gasteiger partial charge is 0.258 e. The SMILES string of the molecule is C[N+](C)(C)c1ncnc2c([C@H]3O[C@@H](CO)[C@@H](O)[C@@H]3O)[nH]nc12. The second-order valence-electron chi connectivity index (χ2n) is 6.30. The van der Waals surface area contributed by atoms with E-state index in [2.05, 4.69) is 20.2 Å². The Morgan fingerprint density at radius 1 is 1.18 bits per heavy atom. The van der Waals surface area contributed by atoms with Gasteiger partial charge < -0.3 is 20.1 Å². The molecule has 0 unspecified atom stereocenters. The largest absolute Gasteiger partial charge is 0.394 e. The summed E-state index contributed by atoms with van der Waals surface area (Å²) < 4.78 is 5.98. The Hall–Kier alpha value is -1.65. The number of rotatable bonds is 3. The summed E-state index contributed by atoms with van der Waals surface area (Å²) in [5.74, 6) is 0.722. The third-order valence-corrected chi connectivity index (χ3v) is 3.81. The van der Waals surface area contributed by atoms with Gasteiger partial charge in [0.1, 0.15) is 36.3 Å². The molecule has 3 rings (SSSR count). The number of aromatic amines is 1. The van der Waals surface area contributed by atoms with Crippen LogP contribution in [0.3, 0.4) is 0 Å². The third-order valence-electron chi connectivity index (χ3n) is 3.81. The first-order valence-electron chi connectivity index (χ1n) is 6.98. The van der Waals surface area contributed by atoms with Gasteiger partial charge in [0.2, 0.25) is 0 Å². The number of aromatic nitrogens is 4. The van der Waals surface area contributed by atoms with Crippen molar-refractivity contribution in [2.75, 3.05) is 27.7 Å². The summed E-state index contributed by atoms with van der Waals surface area (Å²) in [5.41, 5.74) is 1.59. The number of nitrogens with one attached hydrogen (secondary N) is 1. The number of hydrogen-bond donors (Lipinski definition) is 4. The van der Waals surface area contributed by atoms with Crippen molar-refractivity contribution in [2.24, 2.45) is 0 Å². The lowest BCUT2D eigenvalue weighted by atomic mass is 10.1.